The highest BCUT2D eigenvalue weighted by molar-refractivity contribution is 6.31. The number of halogens is 1. The second-order valence-electron chi connectivity index (χ2n) is 9.39. The van der Waals surface area contributed by atoms with Crippen molar-refractivity contribution in [2.24, 2.45) is 0 Å². The lowest BCUT2D eigenvalue weighted by atomic mass is 9.94. The van der Waals surface area contributed by atoms with Crippen LogP contribution in [0.5, 0.6) is 0 Å². The summed E-state index contributed by atoms with van der Waals surface area (Å²) in [5, 5.41) is 1.90. The molecule has 2 aliphatic rings. The van der Waals surface area contributed by atoms with Gasteiger partial charge in [-0.3, -0.25) is 0 Å². The van der Waals surface area contributed by atoms with E-state index < -0.39 is 0 Å². The molecule has 10 heteroatoms. The van der Waals surface area contributed by atoms with Gasteiger partial charge in [0.25, 0.3) is 0 Å². The SMILES string of the molecule is Cc1nc(C)nc(N2CCc3c([nH]c4ccc(Cl)cc34)C2c2cnc(N3CCN(C)CC3)nc2)n1. The first kappa shape index (κ1) is 22.2. The normalized spacial score (nSPS) is 18.8. The Morgan fingerprint density at radius 3 is 2.34 bits per heavy atom. The molecule has 1 N–H and O–H groups in total. The third kappa shape index (κ3) is 4.08. The van der Waals surface area contributed by atoms with Crippen molar-refractivity contribution in [3.8, 4) is 0 Å². The number of fused-ring (bicyclic) bond motifs is 3. The fraction of sp³-hybridized carbons (Fsp3) is 0.400. The lowest BCUT2D eigenvalue weighted by Crippen LogP contribution is -2.45. The summed E-state index contributed by atoms with van der Waals surface area (Å²) < 4.78 is 0. The zero-order chi connectivity index (χ0) is 24.1. The predicted molar refractivity (Wildman–Crippen MR) is 137 cm³/mol. The Morgan fingerprint density at radius 1 is 0.914 bits per heavy atom. The van der Waals surface area contributed by atoms with Gasteiger partial charge in [-0.05, 0) is 51.1 Å². The maximum absolute atomic E-state index is 6.35. The third-order valence-electron chi connectivity index (χ3n) is 6.95. The molecule has 6 rings (SSSR count). The van der Waals surface area contributed by atoms with Crippen molar-refractivity contribution in [3.05, 3.63) is 64.1 Å². The zero-order valence-electron chi connectivity index (χ0n) is 20.2. The Kier molecular flexibility index (Phi) is 5.53. The van der Waals surface area contributed by atoms with Gasteiger partial charge in [-0.15, -0.1) is 0 Å². The summed E-state index contributed by atoms with van der Waals surface area (Å²) in [5.74, 6) is 2.87. The molecule has 1 aromatic carbocycles. The van der Waals surface area contributed by atoms with Crippen LogP contribution in [-0.4, -0.2) is 74.6 Å². The number of piperazine rings is 1. The molecule has 180 valence electrons. The maximum Gasteiger partial charge on any atom is 0.229 e. The number of rotatable bonds is 3. The number of nitrogens with one attached hydrogen (secondary N) is 1. The van der Waals surface area contributed by atoms with Crippen LogP contribution in [0.25, 0.3) is 10.9 Å². The van der Waals surface area contributed by atoms with Gasteiger partial charge in [-0.25, -0.2) is 15.0 Å². The molecule has 5 heterocycles. The Labute approximate surface area is 209 Å². The number of anilines is 2. The van der Waals surface area contributed by atoms with Gasteiger partial charge in [-0.1, -0.05) is 11.6 Å². The van der Waals surface area contributed by atoms with Gasteiger partial charge >= 0.3 is 0 Å². The number of hydrogen-bond donors (Lipinski definition) is 1. The van der Waals surface area contributed by atoms with E-state index in [4.69, 9.17) is 21.6 Å². The summed E-state index contributed by atoms with van der Waals surface area (Å²) in [6.07, 6.45) is 4.76. The van der Waals surface area contributed by atoms with Gasteiger partial charge in [0.1, 0.15) is 17.7 Å². The molecule has 9 nitrogen and oxygen atoms in total. The Balaban J connectivity index is 1.44. The van der Waals surface area contributed by atoms with Crippen molar-refractivity contribution in [2.75, 3.05) is 49.6 Å². The molecule has 35 heavy (non-hydrogen) atoms. The standard InChI is InChI=1S/C25H28ClN9/c1-15-29-16(2)31-25(30-15)35-7-6-19-20-12-18(26)4-5-21(20)32-22(19)23(35)17-13-27-24(28-14-17)34-10-8-33(3)9-11-34/h4-5,12-14,23,32H,6-11H2,1-3H3. The van der Waals surface area contributed by atoms with Crippen molar-refractivity contribution < 1.29 is 0 Å². The number of H-pyrrole nitrogens is 1. The number of benzene rings is 1. The molecule has 0 aliphatic carbocycles. The fourth-order valence-corrected chi connectivity index (χ4v) is 5.36. The number of aromatic amines is 1. The van der Waals surface area contributed by atoms with Crippen LogP contribution in [0.2, 0.25) is 5.02 Å². The Morgan fingerprint density at radius 2 is 1.63 bits per heavy atom. The number of nitrogens with zero attached hydrogens (tertiary/aromatic N) is 8. The summed E-state index contributed by atoms with van der Waals surface area (Å²) in [5.41, 5.74) is 4.45. The molecule has 0 amide bonds. The van der Waals surface area contributed by atoms with E-state index in [9.17, 15) is 0 Å². The van der Waals surface area contributed by atoms with E-state index >= 15 is 0 Å². The van der Waals surface area contributed by atoms with Gasteiger partial charge in [0.2, 0.25) is 11.9 Å². The predicted octanol–water partition coefficient (Wildman–Crippen LogP) is 3.32. The lowest BCUT2D eigenvalue weighted by Gasteiger charge is -2.36. The van der Waals surface area contributed by atoms with Crippen molar-refractivity contribution in [3.63, 3.8) is 0 Å². The van der Waals surface area contributed by atoms with E-state index in [1.807, 2.05) is 44.4 Å². The highest BCUT2D eigenvalue weighted by Gasteiger charge is 2.34. The number of hydrogen-bond acceptors (Lipinski definition) is 8. The van der Waals surface area contributed by atoms with Crippen LogP contribution in [0, 0.1) is 13.8 Å². The fourth-order valence-electron chi connectivity index (χ4n) is 5.19. The maximum atomic E-state index is 6.35. The summed E-state index contributed by atoms with van der Waals surface area (Å²) in [6, 6.07) is 5.86. The Bertz CT molecular complexity index is 1360. The first-order valence-corrected chi connectivity index (χ1v) is 12.4. The van der Waals surface area contributed by atoms with Crippen LogP contribution in [0.15, 0.2) is 30.6 Å². The first-order chi connectivity index (χ1) is 17.0. The monoisotopic (exact) mass is 489 g/mol. The molecule has 1 fully saturated rings. The summed E-state index contributed by atoms with van der Waals surface area (Å²) in [4.78, 5) is 33.8. The van der Waals surface area contributed by atoms with Gasteiger partial charge in [0.05, 0.1) is 0 Å². The van der Waals surface area contributed by atoms with Crippen LogP contribution in [0.4, 0.5) is 11.9 Å². The molecule has 1 saturated heterocycles. The van der Waals surface area contributed by atoms with Gasteiger partial charge < -0.3 is 19.7 Å². The molecule has 1 unspecified atom stereocenters. The van der Waals surface area contributed by atoms with Crippen LogP contribution in [0.3, 0.4) is 0 Å². The van der Waals surface area contributed by atoms with Gasteiger partial charge in [-0.2, -0.15) is 9.97 Å². The quantitative estimate of drug-likeness (QED) is 0.468. The van der Waals surface area contributed by atoms with Crippen molar-refractivity contribution in [1.29, 1.82) is 0 Å². The second-order valence-corrected chi connectivity index (χ2v) is 9.83. The number of likely N-dealkylation sites (N-methyl/N-ethyl adjacent to an activating group) is 1. The van der Waals surface area contributed by atoms with E-state index in [2.05, 4.69) is 41.7 Å². The van der Waals surface area contributed by atoms with E-state index in [-0.39, 0.29) is 6.04 Å². The summed E-state index contributed by atoms with van der Waals surface area (Å²) >= 11 is 6.35. The molecule has 0 saturated carbocycles. The Hall–Kier alpha value is -3.30. The van der Waals surface area contributed by atoms with Crippen LogP contribution in [-0.2, 0) is 6.42 Å². The van der Waals surface area contributed by atoms with E-state index in [0.29, 0.717) is 17.6 Å². The van der Waals surface area contributed by atoms with Crippen molar-refractivity contribution >= 4 is 34.4 Å². The zero-order valence-corrected chi connectivity index (χ0v) is 20.9. The average molecular weight is 490 g/mol. The molecular weight excluding hydrogens is 462 g/mol. The number of aromatic nitrogens is 6. The topological polar surface area (TPSA) is 90.0 Å². The molecule has 0 bridgehead atoms. The first-order valence-electron chi connectivity index (χ1n) is 12.0. The minimum Gasteiger partial charge on any atom is -0.356 e. The molecule has 3 aromatic heterocycles. The van der Waals surface area contributed by atoms with Gasteiger partial charge in [0.15, 0.2) is 0 Å². The highest BCUT2D eigenvalue weighted by atomic mass is 35.5. The molecule has 0 spiro atoms. The minimum atomic E-state index is -0.146. The smallest absolute Gasteiger partial charge is 0.229 e. The van der Waals surface area contributed by atoms with E-state index in [0.717, 1.165) is 72.3 Å². The minimum absolute atomic E-state index is 0.146. The average Bonchev–Trinajstić information content (AvgIpc) is 3.21. The summed E-state index contributed by atoms with van der Waals surface area (Å²) in [7, 11) is 2.15. The van der Waals surface area contributed by atoms with Crippen molar-refractivity contribution in [2.45, 2.75) is 26.3 Å². The van der Waals surface area contributed by atoms with Crippen LogP contribution >= 0.6 is 11.6 Å². The molecule has 2 aliphatic heterocycles. The second kappa shape index (κ2) is 8.73. The highest BCUT2D eigenvalue weighted by Crippen LogP contribution is 2.40. The van der Waals surface area contributed by atoms with Gasteiger partial charge in [0, 0.05) is 72.3 Å². The van der Waals surface area contributed by atoms with E-state index in [1.165, 1.54) is 5.56 Å². The van der Waals surface area contributed by atoms with Crippen LogP contribution < -0.4 is 9.80 Å². The molecule has 0 radical (unpaired) electrons. The summed E-state index contributed by atoms with van der Waals surface area (Å²) in [6.45, 7) is 8.47. The van der Waals surface area contributed by atoms with Crippen LogP contribution in [0.1, 0.15) is 34.5 Å². The molecule has 4 aromatic rings. The molecule has 1 atom stereocenters. The van der Waals surface area contributed by atoms with Crippen molar-refractivity contribution in [1.82, 2.24) is 34.8 Å². The van der Waals surface area contributed by atoms with E-state index in [1.54, 1.807) is 0 Å². The lowest BCUT2D eigenvalue weighted by molar-refractivity contribution is 0.311. The molecular formula is C25H28ClN9. The largest absolute Gasteiger partial charge is 0.356 e. The third-order valence-corrected chi connectivity index (χ3v) is 7.19. The number of aryl methyl sites for hydroxylation is 2.